The Hall–Kier alpha value is -0.830. The Kier molecular flexibility index (Phi) is 2.00. The Balaban J connectivity index is 3.01. The lowest BCUT2D eigenvalue weighted by Crippen LogP contribution is -2.36. The molecule has 2 N–H and O–H groups in total. The molecule has 67 valence electrons. The Bertz CT molecular complexity index is 331. The van der Waals surface area contributed by atoms with Crippen LogP contribution in [0.2, 0.25) is 0 Å². The van der Waals surface area contributed by atoms with E-state index in [2.05, 4.69) is 0 Å². The number of hydrogen-bond donors (Lipinski definition) is 2. The van der Waals surface area contributed by atoms with Gasteiger partial charge in [0.25, 0.3) is 10.1 Å². The van der Waals surface area contributed by atoms with Crippen LogP contribution in [0.3, 0.4) is 0 Å². The summed E-state index contributed by atoms with van der Waals surface area (Å²) in [5, 5.41) is 6.40. The predicted molar refractivity (Wildman–Crippen MR) is 33.9 cm³/mol. The summed E-state index contributed by atoms with van der Waals surface area (Å²) in [5.74, 6) is -2.36. The van der Waals surface area contributed by atoms with Crippen molar-refractivity contribution in [3.63, 3.8) is 0 Å². The molecule has 1 saturated heterocycles. The zero-order valence-corrected chi connectivity index (χ0v) is 6.48. The zero-order chi connectivity index (χ0) is 9.52. The second-order valence-corrected chi connectivity index (χ2v) is 3.85. The number of amides is 2. The molecule has 12 heavy (non-hydrogen) atoms. The van der Waals surface area contributed by atoms with E-state index in [1.165, 1.54) is 0 Å². The van der Waals surface area contributed by atoms with E-state index in [0.29, 0.717) is 0 Å². The summed E-state index contributed by atoms with van der Waals surface area (Å²) in [6.45, 7) is 0. The van der Waals surface area contributed by atoms with Gasteiger partial charge in [0.1, 0.15) is 11.5 Å². The molecular weight excluding hydrogens is 190 g/mol. The Morgan fingerprint density at radius 1 is 1.42 bits per heavy atom. The number of hydroxylamine groups is 2. The summed E-state index contributed by atoms with van der Waals surface area (Å²) < 4.78 is 29.1. The average Bonchev–Trinajstić information content (AvgIpc) is 2.15. The average molecular weight is 195 g/mol. The first-order valence-corrected chi connectivity index (χ1v) is 4.36. The molecule has 1 unspecified atom stereocenters. The summed E-state index contributed by atoms with van der Waals surface area (Å²) >= 11 is 0. The van der Waals surface area contributed by atoms with Crippen molar-refractivity contribution in [2.24, 2.45) is 0 Å². The Morgan fingerprint density at radius 2 is 1.92 bits per heavy atom. The number of rotatable bonds is 1. The number of carbonyl (C=O) groups is 2. The maximum atomic E-state index is 10.7. The van der Waals surface area contributed by atoms with Crippen LogP contribution in [-0.4, -0.2) is 35.2 Å². The van der Waals surface area contributed by atoms with Gasteiger partial charge in [-0.1, -0.05) is 0 Å². The first-order chi connectivity index (χ1) is 5.34. The standard InChI is InChI=1S/C4H5NO6S/c6-3-1-2(12(9,10)11)4(7)5(3)8/h2,8H,1H2,(H,9,10,11)/q+1. The summed E-state index contributed by atoms with van der Waals surface area (Å²) in [7, 11) is -4.59. The highest BCUT2D eigenvalue weighted by molar-refractivity contribution is 7.87. The first-order valence-electron chi connectivity index (χ1n) is 2.86. The Morgan fingerprint density at radius 3 is 2.08 bits per heavy atom. The van der Waals surface area contributed by atoms with Gasteiger partial charge in [0.15, 0.2) is 0 Å². The molecule has 1 heterocycles. The predicted octanol–water partition coefficient (Wildman–Crippen LogP) is -1.77. The van der Waals surface area contributed by atoms with E-state index >= 15 is 0 Å². The first kappa shape index (κ1) is 9.26. The van der Waals surface area contributed by atoms with Crippen LogP contribution in [0, 0.1) is 0 Å². The van der Waals surface area contributed by atoms with Crippen LogP contribution in [0.25, 0.3) is 0 Å². The number of hydrogen-bond acceptors (Lipinski definition) is 5. The minimum Gasteiger partial charge on any atom is -0.285 e. The van der Waals surface area contributed by atoms with Crippen LogP contribution in [0.5, 0.6) is 0 Å². The molecule has 0 bridgehead atoms. The van der Waals surface area contributed by atoms with Crippen molar-refractivity contribution in [1.82, 2.24) is 5.06 Å². The highest BCUT2D eigenvalue weighted by Gasteiger charge is 2.56. The van der Waals surface area contributed by atoms with Gasteiger partial charge in [-0.05, 0) is 0 Å². The lowest BCUT2D eigenvalue weighted by molar-refractivity contribution is -0.151. The van der Waals surface area contributed by atoms with E-state index in [4.69, 9.17) is 9.76 Å². The molecule has 0 saturated carbocycles. The van der Waals surface area contributed by atoms with Crippen molar-refractivity contribution < 1.29 is 27.8 Å². The van der Waals surface area contributed by atoms with Crippen molar-refractivity contribution in [3.05, 3.63) is 0 Å². The lowest BCUT2D eigenvalue weighted by Gasteiger charge is -1.94. The van der Waals surface area contributed by atoms with Crippen molar-refractivity contribution in [2.45, 2.75) is 11.7 Å². The van der Waals surface area contributed by atoms with Gasteiger partial charge in [-0.2, -0.15) is 8.42 Å². The molecule has 0 aromatic heterocycles. The SMILES string of the molecule is O=C1CC(S(=O)(=O)O)C(=O)[N+]1O. The third-order valence-corrected chi connectivity index (χ3v) is 2.53. The third kappa shape index (κ3) is 1.37. The fraction of sp³-hybridized carbons (Fsp3) is 0.500. The molecule has 1 aliphatic heterocycles. The van der Waals surface area contributed by atoms with E-state index in [9.17, 15) is 18.0 Å². The molecule has 0 spiro atoms. The van der Waals surface area contributed by atoms with Crippen LogP contribution in [0.4, 0.5) is 0 Å². The molecule has 1 rings (SSSR count). The van der Waals surface area contributed by atoms with Gasteiger partial charge in [0.05, 0.1) is 0 Å². The van der Waals surface area contributed by atoms with Crippen molar-refractivity contribution >= 4 is 21.9 Å². The van der Waals surface area contributed by atoms with Gasteiger partial charge in [0.2, 0.25) is 5.25 Å². The van der Waals surface area contributed by atoms with Crippen LogP contribution in [-0.2, 0) is 19.7 Å². The molecule has 7 nitrogen and oxygen atoms in total. The van der Waals surface area contributed by atoms with E-state index in [1.54, 1.807) is 0 Å². The molecular formula is C4H5NO6S+. The fourth-order valence-corrected chi connectivity index (χ4v) is 1.53. The van der Waals surface area contributed by atoms with Gasteiger partial charge in [0, 0.05) is 0 Å². The fourth-order valence-electron chi connectivity index (χ4n) is 0.824. The van der Waals surface area contributed by atoms with Gasteiger partial charge < -0.3 is 0 Å². The largest absolute Gasteiger partial charge is 0.427 e. The van der Waals surface area contributed by atoms with Crippen LogP contribution in [0.1, 0.15) is 6.42 Å². The molecule has 0 aromatic rings. The van der Waals surface area contributed by atoms with E-state index in [0.717, 1.165) is 0 Å². The van der Waals surface area contributed by atoms with Crippen molar-refractivity contribution in [1.29, 1.82) is 0 Å². The number of imide groups is 1. The molecule has 1 aliphatic rings. The van der Waals surface area contributed by atoms with E-state index in [-0.39, 0.29) is 5.06 Å². The molecule has 1 fully saturated rings. The third-order valence-electron chi connectivity index (χ3n) is 1.44. The smallest absolute Gasteiger partial charge is 0.285 e. The number of nitrogens with zero attached hydrogens (tertiary/aromatic N) is 1. The van der Waals surface area contributed by atoms with Gasteiger partial charge in [-0.15, -0.1) is 5.21 Å². The molecule has 1 radical (unpaired) electrons. The van der Waals surface area contributed by atoms with Crippen LogP contribution >= 0.6 is 0 Å². The van der Waals surface area contributed by atoms with Gasteiger partial charge >= 0.3 is 11.8 Å². The minimum absolute atomic E-state index is 0.307. The van der Waals surface area contributed by atoms with Crippen LogP contribution < -0.4 is 5.06 Å². The maximum absolute atomic E-state index is 10.7. The summed E-state index contributed by atoms with van der Waals surface area (Å²) in [6, 6.07) is 0. The highest BCUT2D eigenvalue weighted by atomic mass is 32.2. The van der Waals surface area contributed by atoms with Gasteiger partial charge in [-0.3, -0.25) is 4.55 Å². The molecule has 8 heteroatoms. The second kappa shape index (κ2) is 2.59. The monoisotopic (exact) mass is 195 g/mol. The summed E-state index contributed by atoms with van der Waals surface area (Å²) in [6.07, 6.45) is -0.714. The van der Waals surface area contributed by atoms with E-state index < -0.39 is 33.6 Å². The topological polar surface area (TPSA) is 115 Å². The molecule has 1 atom stereocenters. The number of carbonyl (C=O) groups excluding carboxylic acids is 2. The summed E-state index contributed by atoms with van der Waals surface area (Å²) in [5.41, 5.74) is 0. The lowest BCUT2D eigenvalue weighted by atomic mass is 10.4. The Labute approximate surface area is 67.3 Å². The summed E-state index contributed by atoms with van der Waals surface area (Å²) in [4.78, 5) is 21.2. The highest BCUT2D eigenvalue weighted by Crippen LogP contribution is 2.14. The zero-order valence-electron chi connectivity index (χ0n) is 5.67. The van der Waals surface area contributed by atoms with Crippen molar-refractivity contribution in [2.75, 3.05) is 0 Å². The van der Waals surface area contributed by atoms with Crippen molar-refractivity contribution in [3.8, 4) is 0 Å². The van der Waals surface area contributed by atoms with E-state index in [1.807, 2.05) is 0 Å². The molecule has 2 amide bonds. The molecule has 0 aromatic carbocycles. The maximum Gasteiger partial charge on any atom is 0.427 e. The quantitative estimate of drug-likeness (QED) is 0.221. The normalized spacial score (nSPS) is 26.7. The molecule has 0 aliphatic carbocycles. The van der Waals surface area contributed by atoms with Gasteiger partial charge in [-0.25, -0.2) is 9.59 Å². The van der Waals surface area contributed by atoms with Crippen LogP contribution in [0.15, 0.2) is 0 Å². The minimum atomic E-state index is -4.59. The second-order valence-electron chi connectivity index (χ2n) is 2.25.